The Morgan fingerprint density at radius 1 is 0.463 bits per heavy atom. The summed E-state index contributed by atoms with van der Waals surface area (Å²) in [6.45, 7) is 17.0. The molecule has 0 fully saturated rings. The third kappa shape index (κ3) is 11.7. The van der Waals surface area contributed by atoms with Crippen molar-refractivity contribution in [3.8, 4) is 17.2 Å². The first kappa shape index (κ1) is 41.7. The maximum Gasteiger partial charge on any atom is 0.514 e. The van der Waals surface area contributed by atoms with Crippen LogP contribution in [0.1, 0.15) is 67.9 Å². The van der Waals surface area contributed by atoms with Crippen LogP contribution in [0.25, 0.3) is 0 Å². The van der Waals surface area contributed by atoms with Crippen molar-refractivity contribution in [3.63, 3.8) is 0 Å². The average molecular weight is 783 g/mol. The van der Waals surface area contributed by atoms with E-state index in [9.17, 15) is 22.8 Å². The molecular weight excluding hydrogens is 737 g/mol. The molecule has 54 heavy (non-hydrogen) atoms. The lowest BCUT2D eigenvalue weighted by Crippen LogP contribution is -2.26. The molecule has 0 amide bonds. The Balaban J connectivity index is 2.02. The van der Waals surface area contributed by atoms with Gasteiger partial charge in [-0.15, -0.1) is 0 Å². The number of aryl methyl sites for hydroxylation is 1. The largest absolute Gasteiger partial charge is 0.514 e. The molecule has 290 valence electrons. The van der Waals surface area contributed by atoms with E-state index in [1.54, 1.807) is 111 Å². The number of ether oxygens (including phenoxy) is 6. The van der Waals surface area contributed by atoms with Crippen molar-refractivity contribution in [1.29, 1.82) is 0 Å². The van der Waals surface area contributed by atoms with E-state index in [0.717, 1.165) is 5.56 Å². The maximum absolute atomic E-state index is 14.4. The number of hydrogen-bond donors (Lipinski definition) is 0. The first-order valence-electron chi connectivity index (χ1n) is 16.8. The zero-order chi connectivity index (χ0) is 40.1. The molecule has 0 bridgehead atoms. The van der Waals surface area contributed by atoms with Gasteiger partial charge in [-0.1, -0.05) is 35.9 Å². The Labute approximate surface area is 318 Å². The lowest BCUT2D eigenvalue weighted by molar-refractivity contribution is 0.0192. The fourth-order valence-electron chi connectivity index (χ4n) is 4.66. The normalized spacial score (nSPS) is 12.6. The quantitative estimate of drug-likeness (QED) is 0.0903. The molecule has 0 spiro atoms. The third-order valence-corrected chi connectivity index (χ3v) is 11.8. The van der Waals surface area contributed by atoms with Crippen LogP contribution in [0.15, 0.2) is 117 Å². The number of rotatable bonds is 9. The Morgan fingerprint density at radius 2 is 0.778 bits per heavy atom. The third-order valence-electron chi connectivity index (χ3n) is 6.69. The molecule has 0 unspecified atom stereocenters. The van der Waals surface area contributed by atoms with Gasteiger partial charge in [-0.2, -0.15) is 8.42 Å². The minimum absolute atomic E-state index is 0.0114. The van der Waals surface area contributed by atoms with E-state index in [4.69, 9.17) is 32.1 Å². The van der Waals surface area contributed by atoms with E-state index >= 15 is 0 Å². The van der Waals surface area contributed by atoms with Crippen molar-refractivity contribution in [2.75, 3.05) is 0 Å². The second-order valence-electron chi connectivity index (χ2n) is 15.0. The summed E-state index contributed by atoms with van der Waals surface area (Å²) in [7, 11) is -8.13. The van der Waals surface area contributed by atoms with Crippen molar-refractivity contribution < 1.29 is 54.9 Å². The molecule has 14 heteroatoms. The Hall–Kier alpha value is -5.05. The number of carbonyl (C=O) groups excluding carboxylic acids is 3. The molecule has 0 aliphatic heterocycles. The van der Waals surface area contributed by atoms with Crippen molar-refractivity contribution in [3.05, 3.63) is 103 Å². The summed E-state index contributed by atoms with van der Waals surface area (Å²) in [6, 6.07) is 24.4. The first-order valence-corrected chi connectivity index (χ1v) is 19.8. The summed E-state index contributed by atoms with van der Waals surface area (Å²) in [5, 5.41) is 0. The van der Waals surface area contributed by atoms with Crippen molar-refractivity contribution in [2.24, 2.45) is 0 Å². The van der Waals surface area contributed by atoms with Gasteiger partial charge in [0.2, 0.25) is 0 Å². The highest BCUT2D eigenvalue weighted by Crippen LogP contribution is 2.71. The zero-order valence-corrected chi connectivity index (χ0v) is 33.6. The predicted octanol–water partition coefficient (Wildman–Crippen LogP) is 10.5. The van der Waals surface area contributed by atoms with Gasteiger partial charge in [-0.05, 0) is 146 Å². The minimum atomic E-state index is -4.62. The van der Waals surface area contributed by atoms with Crippen molar-refractivity contribution in [1.82, 2.24) is 0 Å². The minimum Gasteiger partial charge on any atom is -0.428 e. The highest BCUT2D eigenvalue weighted by atomic mass is 32.3. The lowest BCUT2D eigenvalue weighted by Gasteiger charge is -2.39. The van der Waals surface area contributed by atoms with Crippen LogP contribution >= 0.6 is 10.3 Å². The SMILES string of the molecule is Cc1ccc(S(=O)(=O)OS(c2cccc(OC(=O)OC(C)(C)C)c2)(c2cccc(OC(=O)OC(C)(C)C)c2)c2cccc(OC(=O)OC(C)(C)C)c2)cc1. The van der Waals surface area contributed by atoms with Crippen molar-refractivity contribution >= 4 is 38.9 Å². The Morgan fingerprint density at radius 3 is 1.07 bits per heavy atom. The van der Waals surface area contributed by atoms with E-state index in [2.05, 4.69) is 0 Å². The molecule has 0 heterocycles. The maximum atomic E-state index is 14.4. The van der Waals surface area contributed by atoms with Crippen LogP contribution < -0.4 is 14.2 Å². The van der Waals surface area contributed by atoms with Gasteiger partial charge < -0.3 is 28.4 Å². The van der Waals surface area contributed by atoms with Crippen LogP contribution in [-0.2, 0) is 28.0 Å². The number of carbonyl (C=O) groups is 3. The summed E-state index contributed by atoms with van der Waals surface area (Å²) >= 11 is 0. The number of hydrogen-bond acceptors (Lipinski definition) is 12. The van der Waals surface area contributed by atoms with E-state index in [0.29, 0.717) is 0 Å². The van der Waals surface area contributed by atoms with Gasteiger partial charge in [0.25, 0.3) is 0 Å². The van der Waals surface area contributed by atoms with Crippen LogP contribution in [0.2, 0.25) is 0 Å². The Bertz CT molecular complexity index is 1910. The van der Waals surface area contributed by atoms with Gasteiger partial charge in [0.1, 0.15) is 34.1 Å². The van der Waals surface area contributed by atoms with Gasteiger partial charge in [0, 0.05) is 14.7 Å². The van der Waals surface area contributed by atoms with Gasteiger partial charge in [-0.25, -0.2) is 18.0 Å². The second-order valence-corrected chi connectivity index (χ2v) is 19.5. The molecule has 4 aromatic carbocycles. The standard InChI is InChI=1S/C40H46O12S2/c1-27-20-22-31(23-21-27)54(44,45)52-53(32-17-11-14-28(24-32)46-35(41)49-38(2,3)4,33-18-12-15-29(25-33)47-36(42)50-39(5,6)7)34-19-13-16-30(26-34)48-37(43)51-40(8,9)10/h11-26H,1-10H3. The molecule has 0 N–H and O–H groups in total. The van der Waals surface area contributed by atoms with Crippen LogP contribution in [0.5, 0.6) is 17.2 Å². The summed E-state index contributed by atoms with van der Waals surface area (Å²) in [6.07, 6.45) is -2.98. The van der Waals surface area contributed by atoms with E-state index < -0.39 is 55.7 Å². The molecule has 0 aromatic heterocycles. The lowest BCUT2D eigenvalue weighted by atomic mass is 10.2. The van der Waals surface area contributed by atoms with Gasteiger partial charge in [0.05, 0.1) is 4.90 Å². The van der Waals surface area contributed by atoms with Crippen LogP contribution in [0.3, 0.4) is 0 Å². The van der Waals surface area contributed by atoms with Crippen molar-refractivity contribution in [2.45, 2.75) is 106 Å². The van der Waals surface area contributed by atoms with Crippen LogP contribution in [0, 0.1) is 6.92 Å². The fraction of sp³-hybridized carbons (Fsp3) is 0.325. The molecule has 4 aromatic rings. The van der Waals surface area contributed by atoms with Gasteiger partial charge >= 0.3 is 28.6 Å². The smallest absolute Gasteiger partial charge is 0.428 e. The molecule has 0 saturated heterocycles. The monoisotopic (exact) mass is 782 g/mol. The molecule has 0 aliphatic rings. The van der Waals surface area contributed by atoms with E-state index in [1.807, 2.05) is 6.92 Å². The second kappa shape index (κ2) is 16.1. The Kier molecular flexibility index (Phi) is 12.5. The van der Waals surface area contributed by atoms with E-state index in [-0.39, 0.29) is 36.8 Å². The first-order chi connectivity index (χ1) is 24.9. The van der Waals surface area contributed by atoms with Crippen LogP contribution in [-0.4, -0.2) is 43.7 Å². The molecule has 0 radical (unpaired) electrons. The molecule has 0 aliphatic carbocycles. The van der Waals surface area contributed by atoms with E-state index in [1.165, 1.54) is 48.5 Å². The van der Waals surface area contributed by atoms with Gasteiger partial charge in [-0.3, -0.25) is 0 Å². The van der Waals surface area contributed by atoms with Gasteiger partial charge in [0.15, 0.2) is 0 Å². The number of benzene rings is 4. The topological polar surface area (TPSA) is 150 Å². The fourth-order valence-corrected chi connectivity index (χ4v) is 9.93. The summed E-state index contributed by atoms with van der Waals surface area (Å²) in [5.74, 6) is 0.0341. The summed E-state index contributed by atoms with van der Waals surface area (Å²) in [5.41, 5.74) is -1.77. The highest BCUT2D eigenvalue weighted by molar-refractivity contribution is 8.33. The molecular formula is C40H46O12S2. The van der Waals surface area contributed by atoms with Crippen LogP contribution in [0.4, 0.5) is 14.4 Å². The molecule has 4 rings (SSSR count). The summed E-state index contributed by atoms with van der Waals surface area (Å²) < 4.78 is 68.0. The average Bonchev–Trinajstić information content (AvgIpc) is 3.01. The summed E-state index contributed by atoms with van der Waals surface area (Å²) in [4.78, 5) is 38.9. The highest BCUT2D eigenvalue weighted by Gasteiger charge is 2.40. The molecule has 0 atom stereocenters. The predicted molar refractivity (Wildman–Crippen MR) is 202 cm³/mol. The molecule has 12 nitrogen and oxygen atoms in total. The zero-order valence-electron chi connectivity index (χ0n) is 32.0. The molecule has 0 saturated carbocycles.